The molecule has 0 unspecified atom stereocenters. The Morgan fingerprint density at radius 3 is 1.19 bits per heavy atom. The standard InChI is InChI=1S/C5H12N2.C4H9N.C3H7NO2.C2H7NO3S.C2H7NO2S/c1-5(6-2)7(3)4;1-4(2)5-3;1-4-3(5)6-2;1-3-7(4,5)6-2;1-3-6(2,4)5/h6H,1H2,2-4H3;5H,1H2,2-3H3;1-2H3,(H,4,5);3H,1-2H3;3H,1-2H3. The fourth-order valence-electron chi connectivity index (χ4n) is 0.409. The molecule has 0 aromatic heterocycles. The monoisotopic (exact) mass is 494 g/mol. The summed E-state index contributed by atoms with van der Waals surface area (Å²) in [7, 11) is 7.83. The lowest BCUT2D eigenvalue weighted by Gasteiger charge is -2.13. The van der Waals surface area contributed by atoms with Crippen LogP contribution in [0.1, 0.15) is 6.92 Å². The number of carbonyl (C=O) groups excluding carboxylic acids is 1. The Labute approximate surface area is 188 Å². The maximum absolute atomic E-state index is 10.0. The summed E-state index contributed by atoms with van der Waals surface area (Å²) in [5, 5.41) is 7.98. The summed E-state index contributed by atoms with van der Waals surface area (Å²) in [4.78, 5) is 11.8. The summed E-state index contributed by atoms with van der Waals surface area (Å²) >= 11 is 0. The van der Waals surface area contributed by atoms with Crippen molar-refractivity contribution in [2.24, 2.45) is 0 Å². The maximum Gasteiger partial charge on any atom is 0.406 e. The van der Waals surface area contributed by atoms with Crippen LogP contribution in [-0.2, 0) is 29.2 Å². The number of hydrogen-bond donors (Lipinski definition) is 5. The maximum atomic E-state index is 10.0. The lowest BCUT2D eigenvalue weighted by atomic mass is 10.6. The number of hydrogen-bond acceptors (Lipinski definition) is 10. The van der Waals surface area contributed by atoms with Gasteiger partial charge in [0.15, 0.2) is 0 Å². The molecule has 1 amide bonds. The van der Waals surface area contributed by atoms with E-state index in [0.29, 0.717) is 0 Å². The summed E-state index contributed by atoms with van der Waals surface area (Å²) in [5.74, 6) is 0.931. The van der Waals surface area contributed by atoms with Gasteiger partial charge >= 0.3 is 16.4 Å². The first kappa shape index (κ1) is 39.4. The first-order chi connectivity index (χ1) is 13.9. The minimum absolute atomic E-state index is 0.407. The number of methoxy groups -OCH3 is 1. The van der Waals surface area contributed by atoms with E-state index in [2.05, 4.69) is 42.8 Å². The molecule has 0 bridgehead atoms. The van der Waals surface area contributed by atoms with Crippen molar-refractivity contribution in [1.29, 1.82) is 0 Å². The van der Waals surface area contributed by atoms with Crippen molar-refractivity contribution in [3.63, 3.8) is 0 Å². The van der Waals surface area contributed by atoms with Gasteiger partial charge in [-0.1, -0.05) is 13.2 Å². The van der Waals surface area contributed by atoms with Crippen molar-refractivity contribution < 1.29 is 30.6 Å². The topological polar surface area (TPSA) is 167 Å². The van der Waals surface area contributed by atoms with Crippen molar-refractivity contribution in [3.8, 4) is 0 Å². The lowest BCUT2D eigenvalue weighted by molar-refractivity contribution is 0.173. The zero-order valence-corrected chi connectivity index (χ0v) is 22.2. The number of amides is 1. The second kappa shape index (κ2) is 24.2. The van der Waals surface area contributed by atoms with Gasteiger partial charge in [-0.05, 0) is 19.7 Å². The highest BCUT2D eigenvalue weighted by molar-refractivity contribution is 7.88. The molecule has 13 nitrogen and oxygen atoms in total. The van der Waals surface area contributed by atoms with Crippen molar-refractivity contribution >= 4 is 26.4 Å². The van der Waals surface area contributed by atoms with Gasteiger partial charge in [-0.3, -0.25) is 4.18 Å². The lowest BCUT2D eigenvalue weighted by Crippen LogP contribution is -2.20. The van der Waals surface area contributed by atoms with Crippen LogP contribution in [0.3, 0.4) is 0 Å². The summed E-state index contributed by atoms with van der Waals surface area (Å²) in [6.45, 7) is 9.17. The first-order valence-electron chi connectivity index (χ1n) is 8.45. The van der Waals surface area contributed by atoms with Crippen LogP contribution in [0, 0.1) is 0 Å². The molecule has 0 rings (SSSR count). The molecule has 0 spiro atoms. The first-order valence-corrected chi connectivity index (χ1v) is 11.7. The van der Waals surface area contributed by atoms with Crippen LogP contribution in [-0.4, -0.2) is 97.6 Å². The Morgan fingerprint density at radius 1 is 0.839 bits per heavy atom. The van der Waals surface area contributed by atoms with Gasteiger partial charge in [0.05, 0.1) is 26.3 Å². The Hall–Kier alpha value is -2.07. The molecule has 0 fully saturated rings. The van der Waals surface area contributed by atoms with Crippen molar-refractivity contribution in [2.75, 3.05) is 69.8 Å². The van der Waals surface area contributed by atoms with Crippen LogP contribution in [0.4, 0.5) is 4.79 Å². The summed E-state index contributed by atoms with van der Waals surface area (Å²) < 4.78 is 52.0. The highest BCUT2D eigenvalue weighted by Gasteiger charge is 1.98. The molecule has 0 aliphatic rings. The molecule has 31 heavy (non-hydrogen) atoms. The van der Waals surface area contributed by atoms with Gasteiger partial charge in [0.1, 0.15) is 0 Å². The van der Waals surface area contributed by atoms with E-state index in [1.54, 1.807) is 0 Å². The van der Waals surface area contributed by atoms with Gasteiger partial charge in [-0.2, -0.15) is 13.1 Å². The second-order valence-electron chi connectivity index (χ2n) is 5.16. The van der Waals surface area contributed by atoms with Crippen LogP contribution < -0.4 is 25.4 Å². The average molecular weight is 495 g/mol. The van der Waals surface area contributed by atoms with Crippen LogP contribution in [0.25, 0.3) is 0 Å². The van der Waals surface area contributed by atoms with Crippen LogP contribution in [0.15, 0.2) is 24.7 Å². The van der Waals surface area contributed by atoms with E-state index >= 15 is 0 Å². The van der Waals surface area contributed by atoms with Crippen LogP contribution in [0.5, 0.6) is 0 Å². The third-order valence-corrected chi connectivity index (χ3v) is 4.17. The normalized spacial score (nSPS) is 9.13. The third kappa shape index (κ3) is 52.4. The molecule has 0 aliphatic carbocycles. The van der Waals surface area contributed by atoms with E-state index in [0.717, 1.165) is 24.9 Å². The molecule has 15 heteroatoms. The van der Waals surface area contributed by atoms with Crippen molar-refractivity contribution in [1.82, 2.24) is 30.3 Å². The molecule has 0 atom stereocenters. The van der Waals surface area contributed by atoms with E-state index in [1.807, 2.05) is 44.7 Å². The van der Waals surface area contributed by atoms with Gasteiger partial charge in [0, 0.05) is 42.3 Å². The predicted molar refractivity (Wildman–Crippen MR) is 126 cm³/mol. The second-order valence-corrected chi connectivity index (χ2v) is 8.77. The Kier molecular flexibility index (Phi) is 30.8. The number of sulfonamides is 1. The Bertz CT molecular complexity index is 650. The van der Waals surface area contributed by atoms with Gasteiger partial charge in [-0.15, -0.1) is 0 Å². The van der Waals surface area contributed by atoms with Gasteiger partial charge in [0.2, 0.25) is 10.0 Å². The third-order valence-electron chi connectivity index (χ3n) is 2.48. The average Bonchev–Trinajstić information content (AvgIpc) is 2.73. The predicted octanol–water partition coefficient (Wildman–Crippen LogP) is -0.787. The van der Waals surface area contributed by atoms with Crippen molar-refractivity contribution in [2.45, 2.75) is 6.92 Å². The molecule has 0 heterocycles. The van der Waals surface area contributed by atoms with E-state index < -0.39 is 26.4 Å². The number of rotatable bonds is 6. The molecule has 0 aromatic carbocycles. The highest BCUT2D eigenvalue weighted by atomic mass is 32.2. The molecule has 0 saturated carbocycles. The van der Waals surface area contributed by atoms with Gasteiger partial charge in [0.25, 0.3) is 0 Å². The molecule has 0 aromatic rings. The fourth-order valence-corrected chi connectivity index (χ4v) is 0.576. The zero-order chi connectivity index (χ0) is 26.3. The minimum atomic E-state index is -3.41. The van der Waals surface area contributed by atoms with E-state index in [-0.39, 0.29) is 0 Å². The summed E-state index contributed by atoms with van der Waals surface area (Å²) in [5.41, 5.74) is 1.00. The van der Waals surface area contributed by atoms with Gasteiger partial charge in [-0.25, -0.2) is 17.9 Å². The molecular weight excluding hydrogens is 452 g/mol. The smallest absolute Gasteiger partial charge is 0.406 e. The van der Waals surface area contributed by atoms with E-state index in [1.165, 1.54) is 28.3 Å². The zero-order valence-electron chi connectivity index (χ0n) is 20.5. The number of alkyl carbamates (subject to hydrolysis) is 1. The highest BCUT2D eigenvalue weighted by Crippen LogP contribution is 1.82. The number of allylic oxidation sites excluding steroid dienone is 1. The minimum Gasteiger partial charge on any atom is -0.453 e. The molecule has 190 valence electrons. The Balaban J connectivity index is -0.0000000913. The fraction of sp³-hybridized carbons (Fsp3) is 0.688. The Morgan fingerprint density at radius 2 is 1.19 bits per heavy atom. The van der Waals surface area contributed by atoms with E-state index in [4.69, 9.17) is 0 Å². The molecule has 0 aliphatic heterocycles. The SMILES string of the molecule is C=C(C)NC.C=C(NC)N(C)C.CNC(=O)OC.CNS(=O)(=O)OC.CNS(C)(=O)=O. The molecular formula is C16H42N6O7S2. The van der Waals surface area contributed by atoms with Gasteiger partial charge < -0.3 is 25.6 Å². The van der Waals surface area contributed by atoms with Crippen molar-refractivity contribution in [3.05, 3.63) is 24.7 Å². The number of ether oxygens (including phenoxy) is 1. The molecule has 0 saturated heterocycles. The van der Waals surface area contributed by atoms with Crippen LogP contribution >= 0.6 is 0 Å². The summed E-state index contributed by atoms with van der Waals surface area (Å²) in [6.07, 6.45) is 0.697. The number of nitrogens with zero attached hydrogens (tertiary/aromatic N) is 1. The summed E-state index contributed by atoms with van der Waals surface area (Å²) in [6, 6.07) is 0. The quantitative estimate of drug-likeness (QED) is 0.316. The van der Waals surface area contributed by atoms with E-state index in [9.17, 15) is 21.6 Å². The molecule has 0 radical (unpaired) electrons. The van der Waals surface area contributed by atoms with Crippen LogP contribution in [0.2, 0.25) is 0 Å². The molecule has 5 N–H and O–H groups in total. The number of carbonyl (C=O) groups is 1. The number of nitrogens with one attached hydrogen (secondary N) is 5. The largest absolute Gasteiger partial charge is 0.453 e.